The summed E-state index contributed by atoms with van der Waals surface area (Å²) in [6, 6.07) is 11.0. The molecule has 0 atom stereocenters. The Hall–Kier alpha value is -2.60. The molecule has 0 radical (unpaired) electrons. The van der Waals surface area contributed by atoms with E-state index in [2.05, 4.69) is 15.0 Å². The van der Waals surface area contributed by atoms with Crippen molar-refractivity contribution in [1.29, 1.82) is 0 Å². The highest BCUT2D eigenvalue weighted by molar-refractivity contribution is 7.89. The topological polar surface area (TPSA) is 106 Å². The fraction of sp³-hybridized carbons (Fsp3) is 0.350. The molecule has 0 saturated carbocycles. The molecule has 0 aliphatic carbocycles. The van der Waals surface area contributed by atoms with Crippen molar-refractivity contribution in [3.63, 3.8) is 0 Å². The first-order chi connectivity index (χ1) is 15.0. The first-order valence-electron chi connectivity index (χ1n) is 9.75. The van der Waals surface area contributed by atoms with E-state index in [9.17, 15) is 13.2 Å². The molecule has 2 aromatic heterocycles. The molecule has 0 spiro atoms. The SMILES string of the molecule is COC(=O)c1sccc1S(=O)(=O)N1CCCN(Cc2noc(-c3ccccc3)n2)CC1. The lowest BCUT2D eigenvalue weighted by Crippen LogP contribution is -2.35. The molecule has 11 heteroatoms. The summed E-state index contributed by atoms with van der Waals surface area (Å²) in [6.07, 6.45) is 0.653. The predicted octanol–water partition coefficient (Wildman–Crippen LogP) is 2.48. The third-order valence-corrected chi connectivity index (χ3v) is 7.98. The van der Waals surface area contributed by atoms with Gasteiger partial charge in [0, 0.05) is 25.2 Å². The number of methoxy groups -OCH3 is 1. The summed E-state index contributed by atoms with van der Waals surface area (Å²) >= 11 is 1.06. The van der Waals surface area contributed by atoms with Gasteiger partial charge < -0.3 is 9.26 Å². The highest BCUT2D eigenvalue weighted by Crippen LogP contribution is 2.27. The second-order valence-corrected chi connectivity index (χ2v) is 9.84. The van der Waals surface area contributed by atoms with Gasteiger partial charge in [-0.05, 0) is 36.5 Å². The Kier molecular flexibility index (Phi) is 6.46. The van der Waals surface area contributed by atoms with E-state index < -0.39 is 16.0 Å². The smallest absolute Gasteiger partial charge is 0.349 e. The number of carbonyl (C=O) groups is 1. The van der Waals surface area contributed by atoms with Crippen LogP contribution in [0.5, 0.6) is 0 Å². The number of ether oxygens (including phenoxy) is 1. The average Bonchev–Trinajstić information content (AvgIpc) is 3.40. The number of thiophene rings is 1. The zero-order valence-corrected chi connectivity index (χ0v) is 18.6. The lowest BCUT2D eigenvalue weighted by molar-refractivity contribution is 0.0602. The Morgan fingerprint density at radius 3 is 2.74 bits per heavy atom. The Bertz CT molecular complexity index is 1140. The number of aromatic nitrogens is 2. The molecule has 9 nitrogen and oxygen atoms in total. The van der Waals surface area contributed by atoms with Gasteiger partial charge in [-0.2, -0.15) is 9.29 Å². The van der Waals surface area contributed by atoms with Gasteiger partial charge in [0.1, 0.15) is 9.77 Å². The van der Waals surface area contributed by atoms with Crippen molar-refractivity contribution in [2.75, 3.05) is 33.3 Å². The van der Waals surface area contributed by atoms with Crippen LogP contribution in [0.3, 0.4) is 0 Å². The molecule has 1 aliphatic rings. The molecule has 0 N–H and O–H groups in total. The Morgan fingerprint density at radius 1 is 1.16 bits per heavy atom. The van der Waals surface area contributed by atoms with Gasteiger partial charge in [0.2, 0.25) is 10.0 Å². The summed E-state index contributed by atoms with van der Waals surface area (Å²) in [6.45, 7) is 2.37. The van der Waals surface area contributed by atoms with Gasteiger partial charge in [-0.1, -0.05) is 23.4 Å². The third-order valence-electron chi connectivity index (χ3n) is 5.02. The van der Waals surface area contributed by atoms with Gasteiger partial charge in [0.25, 0.3) is 5.89 Å². The molecule has 164 valence electrons. The van der Waals surface area contributed by atoms with Gasteiger partial charge in [-0.25, -0.2) is 13.2 Å². The number of rotatable bonds is 6. The maximum atomic E-state index is 13.1. The molecule has 1 aliphatic heterocycles. The molecular weight excluding hydrogens is 440 g/mol. The van der Waals surface area contributed by atoms with Crippen LogP contribution in [0.25, 0.3) is 11.5 Å². The largest absolute Gasteiger partial charge is 0.465 e. The van der Waals surface area contributed by atoms with Crippen LogP contribution in [0.15, 0.2) is 51.2 Å². The van der Waals surface area contributed by atoms with Crippen molar-refractivity contribution in [1.82, 2.24) is 19.3 Å². The number of sulfonamides is 1. The summed E-state index contributed by atoms with van der Waals surface area (Å²) in [7, 11) is -2.55. The second-order valence-electron chi connectivity index (χ2n) is 7.02. The van der Waals surface area contributed by atoms with Gasteiger partial charge >= 0.3 is 5.97 Å². The number of hydrogen-bond donors (Lipinski definition) is 0. The van der Waals surface area contributed by atoms with E-state index in [-0.39, 0.29) is 9.77 Å². The van der Waals surface area contributed by atoms with Crippen LogP contribution >= 0.6 is 11.3 Å². The summed E-state index contributed by atoms with van der Waals surface area (Å²) < 4.78 is 37.8. The number of esters is 1. The van der Waals surface area contributed by atoms with Crippen molar-refractivity contribution in [3.05, 3.63) is 52.5 Å². The van der Waals surface area contributed by atoms with E-state index in [4.69, 9.17) is 9.26 Å². The second kappa shape index (κ2) is 9.27. The van der Waals surface area contributed by atoms with Crippen LogP contribution in [0.4, 0.5) is 0 Å². The summed E-state index contributed by atoms with van der Waals surface area (Å²) in [5.41, 5.74) is 0.853. The molecular formula is C20H22N4O5S2. The van der Waals surface area contributed by atoms with Crippen molar-refractivity contribution < 1.29 is 22.5 Å². The van der Waals surface area contributed by atoms with E-state index in [0.717, 1.165) is 16.9 Å². The van der Waals surface area contributed by atoms with Crippen LogP contribution in [0.1, 0.15) is 21.9 Å². The number of carbonyl (C=O) groups excluding carboxylic acids is 1. The normalized spacial score (nSPS) is 16.2. The standard InChI is InChI=1S/C20H22N4O5S2/c1-28-20(25)18-16(8-13-30-18)31(26,27)24-10-5-9-23(11-12-24)14-17-21-19(29-22-17)15-6-3-2-4-7-15/h2-4,6-8,13H,5,9-12,14H2,1H3. The average molecular weight is 463 g/mol. The molecule has 3 heterocycles. The molecule has 3 aromatic rings. The van der Waals surface area contributed by atoms with Gasteiger partial charge in [-0.3, -0.25) is 4.90 Å². The van der Waals surface area contributed by atoms with Crippen molar-refractivity contribution in [2.24, 2.45) is 0 Å². The Balaban J connectivity index is 1.43. The van der Waals surface area contributed by atoms with Crippen LogP contribution in [0.2, 0.25) is 0 Å². The first kappa shape index (κ1) is 21.6. The van der Waals surface area contributed by atoms with Crippen LogP contribution in [-0.2, 0) is 21.3 Å². The third kappa shape index (κ3) is 4.69. The van der Waals surface area contributed by atoms with Crippen molar-refractivity contribution >= 4 is 27.3 Å². The first-order valence-corrected chi connectivity index (χ1v) is 12.1. The van der Waals surface area contributed by atoms with E-state index in [1.807, 2.05) is 30.3 Å². The molecule has 0 unspecified atom stereocenters. The monoisotopic (exact) mass is 462 g/mol. The molecule has 0 bridgehead atoms. The van der Waals surface area contributed by atoms with Gasteiger partial charge in [0.05, 0.1) is 13.7 Å². The predicted molar refractivity (Wildman–Crippen MR) is 114 cm³/mol. The zero-order valence-electron chi connectivity index (χ0n) is 16.9. The van der Waals surface area contributed by atoms with Crippen molar-refractivity contribution in [2.45, 2.75) is 17.9 Å². The summed E-state index contributed by atoms with van der Waals surface area (Å²) in [4.78, 5) is 18.6. The molecule has 1 fully saturated rings. The Morgan fingerprint density at radius 2 is 1.97 bits per heavy atom. The molecule has 0 amide bonds. The minimum atomic E-state index is -3.79. The quantitative estimate of drug-likeness (QED) is 0.515. The van der Waals surface area contributed by atoms with E-state index in [1.165, 1.54) is 17.5 Å². The van der Waals surface area contributed by atoms with E-state index in [0.29, 0.717) is 50.9 Å². The van der Waals surface area contributed by atoms with Crippen LogP contribution in [-0.4, -0.2) is 67.0 Å². The van der Waals surface area contributed by atoms with Gasteiger partial charge in [-0.15, -0.1) is 11.3 Å². The summed E-state index contributed by atoms with van der Waals surface area (Å²) in [5.74, 6) is 0.375. The highest BCUT2D eigenvalue weighted by atomic mass is 32.2. The van der Waals surface area contributed by atoms with Gasteiger partial charge in [0.15, 0.2) is 5.82 Å². The maximum Gasteiger partial charge on any atom is 0.349 e. The number of hydrogen-bond acceptors (Lipinski definition) is 9. The molecule has 4 rings (SSSR count). The lowest BCUT2D eigenvalue weighted by atomic mass is 10.2. The zero-order chi connectivity index (χ0) is 21.8. The van der Waals surface area contributed by atoms with Crippen LogP contribution in [0, 0.1) is 0 Å². The van der Waals surface area contributed by atoms with E-state index >= 15 is 0 Å². The maximum absolute atomic E-state index is 13.1. The van der Waals surface area contributed by atoms with Crippen LogP contribution < -0.4 is 0 Å². The van der Waals surface area contributed by atoms with Crippen molar-refractivity contribution in [3.8, 4) is 11.5 Å². The fourth-order valence-electron chi connectivity index (χ4n) is 3.44. The Labute approximate surface area is 184 Å². The molecule has 1 aromatic carbocycles. The minimum absolute atomic E-state index is 0.00321. The minimum Gasteiger partial charge on any atom is -0.465 e. The number of nitrogens with zero attached hydrogens (tertiary/aromatic N) is 4. The fourth-order valence-corrected chi connectivity index (χ4v) is 6.22. The summed E-state index contributed by atoms with van der Waals surface area (Å²) in [5, 5.41) is 5.64. The highest BCUT2D eigenvalue weighted by Gasteiger charge is 2.32. The van der Waals surface area contributed by atoms with E-state index in [1.54, 1.807) is 5.38 Å². The molecule has 1 saturated heterocycles. The number of benzene rings is 1. The molecule has 31 heavy (non-hydrogen) atoms. The lowest BCUT2D eigenvalue weighted by Gasteiger charge is -2.21.